The third kappa shape index (κ3) is 4.79. The van der Waals surface area contributed by atoms with E-state index in [0.717, 1.165) is 32.1 Å². The summed E-state index contributed by atoms with van der Waals surface area (Å²) < 4.78 is 0. The molecule has 0 aliphatic heterocycles. The second kappa shape index (κ2) is 9.03. The molecule has 2 atom stereocenters. The van der Waals surface area contributed by atoms with Gasteiger partial charge in [-0.1, -0.05) is 79.4 Å². The van der Waals surface area contributed by atoms with Crippen molar-refractivity contribution in [2.45, 2.75) is 63.6 Å². The van der Waals surface area contributed by atoms with E-state index in [4.69, 9.17) is 0 Å². The topological polar surface area (TPSA) is 69.5 Å². The predicted octanol–water partition coefficient (Wildman–Crippen LogP) is 3.38. The summed E-state index contributed by atoms with van der Waals surface area (Å²) in [5.41, 5.74) is 2.86. The van der Waals surface area contributed by atoms with Crippen molar-refractivity contribution in [2.75, 3.05) is 0 Å². The Morgan fingerprint density at radius 2 is 1.64 bits per heavy atom. The SMILES string of the molecule is Cc1ccc([C@H]([NH2+][C@H](C)C(=O)NC2(C#N)CCCCC2)c2ccccc2)cc1. The fraction of sp³-hybridized carbons (Fsp3) is 0.417. The van der Waals surface area contributed by atoms with Crippen molar-refractivity contribution in [1.29, 1.82) is 5.26 Å². The van der Waals surface area contributed by atoms with Crippen molar-refractivity contribution >= 4 is 5.91 Å². The number of carbonyl (C=O) groups is 1. The number of aryl methyl sites for hydroxylation is 1. The lowest BCUT2D eigenvalue weighted by molar-refractivity contribution is -0.704. The maximum Gasteiger partial charge on any atom is 0.279 e. The Labute approximate surface area is 168 Å². The smallest absolute Gasteiger partial charge is 0.279 e. The normalized spacial score (nSPS) is 17.9. The van der Waals surface area contributed by atoms with Crippen LogP contribution in [0.2, 0.25) is 0 Å². The van der Waals surface area contributed by atoms with E-state index in [1.807, 2.05) is 25.1 Å². The molecule has 1 amide bonds. The molecule has 0 unspecified atom stereocenters. The van der Waals surface area contributed by atoms with Crippen molar-refractivity contribution in [3.63, 3.8) is 0 Å². The van der Waals surface area contributed by atoms with E-state index >= 15 is 0 Å². The van der Waals surface area contributed by atoms with Crippen molar-refractivity contribution in [2.24, 2.45) is 0 Å². The van der Waals surface area contributed by atoms with Crippen LogP contribution in [-0.4, -0.2) is 17.5 Å². The van der Waals surface area contributed by atoms with Gasteiger partial charge in [0.1, 0.15) is 11.6 Å². The molecule has 1 saturated carbocycles. The second-order valence-electron chi connectivity index (χ2n) is 8.02. The van der Waals surface area contributed by atoms with E-state index in [-0.39, 0.29) is 18.0 Å². The van der Waals surface area contributed by atoms with Gasteiger partial charge >= 0.3 is 0 Å². The predicted molar refractivity (Wildman–Crippen MR) is 110 cm³/mol. The molecule has 1 aliphatic rings. The maximum atomic E-state index is 12.9. The molecule has 0 bridgehead atoms. The van der Waals surface area contributed by atoms with Gasteiger partial charge in [-0.05, 0) is 26.7 Å². The van der Waals surface area contributed by atoms with Crippen LogP contribution in [0.25, 0.3) is 0 Å². The van der Waals surface area contributed by atoms with Crippen molar-refractivity contribution in [3.8, 4) is 6.07 Å². The summed E-state index contributed by atoms with van der Waals surface area (Å²) in [4.78, 5) is 12.9. The van der Waals surface area contributed by atoms with Crippen LogP contribution in [0.5, 0.6) is 0 Å². The molecular weight excluding hydrogens is 346 g/mol. The fourth-order valence-electron chi connectivity index (χ4n) is 3.99. The summed E-state index contributed by atoms with van der Waals surface area (Å²) in [7, 11) is 0. The number of benzene rings is 2. The highest BCUT2D eigenvalue weighted by molar-refractivity contribution is 5.81. The van der Waals surface area contributed by atoms with Gasteiger partial charge in [-0.25, -0.2) is 0 Å². The average molecular weight is 377 g/mol. The number of nitriles is 1. The van der Waals surface area contributed by atoms with E-state index < -0.39 is 5.54 Å². The first-order valence-corrected chi connectivity index (χ1v) is 10.2. The Balaban J connectivity index is 1.77. The first-order chi connectivity index (χ1) is 13.5. The lowest BCUT2D eigenvalue weighted by Gasteiger charge is -2.32. The Morgan fingerprint density at radius 1 is 1.04 bits per heavy atom. The molecule has 0 saturated heterocycles. The second-order valence-corrected chi connectivity index (χ2v) is 8.02. The van der Waals surface area contributed by atoms with E-state index in [0.29, 0.717) is 0 Å². The molecule has 0 aromatic heterocycles. The van der Waals surface area contributed by atoms with Crippen LogP contribution in [0.1, 0.15) is 61.8 Å². The number of nitrogens with one attached hydrogen (secondary N) is 1. The summed E-state index contributed by atoms with van der Waals surface area (Å²) in [6.45, 7) is 4.00. The van der Waals surface area contributed by atoms with Gasteiger partial charge in [0.2, 0.25) is 0 Å². The number of amides is 1. The van der Waals surface area contributed by atoms with Crippen LogP contribution in [0.4, 0.5) is 0 Å². The van der Waals surface area contributed by atoms with Crippen molar-refractivity contribution in [3.05, 3.63) is 71.3 Å². The lowest BCUT2D eigenvalue weighted by atomic mass is 9.82. The first-order valence-electron chi connectivity index (χ1n) is 10.2. The van der Waals surface area contributed by atoms with E-state index in [2.05, 4.69) is 60.0 Å². The zero-order valence-electron chi connectivity index (χ0n) is 16.8. The van der Waals surface area contributed by atoms with Crippen LogP contribution in [0, 0.1) is 18.3 Å². The zero-order chi connectivity index (χ0) is 20.0. The number of rotatable bonds is 6. The van der Waals surface area contributed by atoms with E-state index in [1.165, 1.54) is 16.7 Å². The highest BCUT2D eigenvalue weighted by Gasteiger charge is 2.36. The molecule has 146 valence electrons. The van der Waals surface area contributed by atoms with E-state index in [9.17, 15) is 10.1 Å². The minimum absolute atomic E-state index is 0.0342. The number of nitrogens with zero attached hydrogens (tertiary/aromatic N) is 1. The molecule has 28 heavy (non-hydrogen) atoms. The largest absolute Gasteiger partial charge is 0.333 e. The monoisotopic (exact) mass is 376 g/mol. The van der Waals surface area contributed by atoms with Gasteiger partial charge < -0.3 is 10.6 Å². The molecule has 0 spiro atoms. The van der Waals surface area contributed by atoms with Gasteiger partial charge in [0.25, 0.3) is 5.91 Å². The third-order valence-electron chi connectivity index (χ3n) is 5.77. The van der Waals surface area contributed by atoms with Crippen molar-refractivity contribution < 1.29 is 10.1 Å². The Morgan fingerprint density at radius 3 is 2.25 bits per heavy atom. The summed E-state index contributed by atoms with van der Waals surface area (Å²) in [5, 5.41) is 14.8. The Bertz CT molecular complexity index is 817. The molecule has 2 aromatic rings. The van der Waals surface area contributed by atoms with Gasteiger partial charge in [0, 0.05) is 11.1 Å². The van der Waals surface area contributed by atoms with Crippen molar-refractivity contribution in [1.82, 2.24) is 5.32 Å². The summed E-state index contributed by atoms with van der Waals surface area (Å²) in [5.74, 6) is -0.0588. The number of nitrogens with two attached hydrogens (primary N) is 1. The van der Waals surface area contributed by atoms with Crippen LogP contribution in [0.15, 0.2) is 54.6 Å². The number of carbonyl (C=O) groups excluding carboxylic acids is 1. The molecule has 4 heteroatoms. The standard InChI is InChI=1S/C24H29N3O/c1-18-11-13-21(14-12-18)22(20-9-5-3-6-10-20)26-19(2)23(28)27-24(17-25)15-7-4-8-16-24/h3,5-6,9-14,19,22,26H,4,7-8,15-16H2,1-2H3,(H,27,28)/p+1/t19-,22-/m1/s1. The van der Waals surface area contributed by atoms with Gasteiger partial charge in [0.15, 0.2) is 6.04 Å². The average Bonchev–Trinajstić information content (AvgIpc) is 2.74. The van der Waals surface area contributed by atoms with Gasteiger partial charge in [-0.3, -0.25) is 4.79 Å². The van der Waals surface area contributed by atoms with Crippen LogP contribution in [-0.2, 0) is 4.79 Å². The molecule has 3 rings (SSSR count). The Hall–Kier alpha value is -2.64. The third-order valence-corrected chi connectivity index (χ3v) is 5.77. The number of quaternary nitrogens is 1. The molecule has 0 radical (unpaired) electrons. The lowest BCUT2D eigenvalue weighted by Crippen LogP contribution is -2.93. The highest BCUT2D eigenvalue weighted by atomic mass is 16.2. The molecule has 3 N–H and O–H groups in total. The maximum absolute atomic E-state index is 12.9. The molecule has 2 aromatic carbocycles. The van der Waals surface area contributed by atoms with Crippen LogP contribution >= 0.6 is 0 Å². The minimum Gasteiger partial charge on any atom is -0.333 e. The number of hydrogen-bond donors (Lipinski definition) is 2. The Kier molecular flexibility index (Phi) is 6.49. The van der Waals surface area contributed by atoms with Crippen LogP contribution < -0.4 is 10.6 Å². The molecule has 4 nitrogen and oxygen atoms in total. The minimum atomic E-state index is -0.691. The zero-order valence-corrected chi connectivity index (χ0v) is 16.8. The first kappa shape index (κ1) is 20.1. The summed E-state index contributed by atoms with van der Waals surface area (Å²) in [6, 6.07) is 20.9. The quantitative estimate of drug-likeness (QED) is 0.811. The fourth-order valence-corrected chi connectivity index (χ4v) is 3.99. The molecule has 0 heterocycles. The molecule has 1 fully saturated rings. The van der Waals surface area contributed by atoms with Gasteiger partial charge in [0.05, 0.1) is 6.07 Å². The molecule has 1 aliphatic carbocycles. The van der Waals surface area contributed by atoms with Gasteiger partial charge in [-0.15, -0.1) is 0 Å². The number of hydrogen-bond acceptors (Lipinski definition) is 2. The summed E-state index contributed by atoms with van der Waals surface area (Å²) >= 11 is 0. The summed E-state index contributed by atoms with van der Waals surface area (Å²) in [6.07, 6.45) is 4.65. The van der Waals surface area contributed by atoms with Gasteiger partial charge in [-0.2, -0.15) is 5.26 Å². The molecular formula is C24H30N3O+. The van der Waals surface area contributed by atoms with Crippen LogP contribution in [0.3, 0.4) is 0 Å². The van der Waals surface area contributed by atoms with E-state index in [1.54, 1.807) is 0 Å². The highest BCUT2D eigenvalue weighted by Crippen LogP contribution is 2.27.